The van der Waals surface area contributed by atoms with E-state index in [0.717, 1.165) is 52.6 Å². The van der Waals surface area contributed by atoms with Crippen LogP contribution in [0.3, 0.4) is 0 Å². The fourth-order valence-electron chi connectivity index (χ4n) is 8.01. The van der Waals surface area contributed by atoms with Crippen LogP contribution in [0.25, 0.3) is 0 Å². The van der Waals surface area contributed by atoms with Crippen LogP contribution in [0.5, 0.6) is 17.2 Å². The quantitative estimate of drug-likeness (QED) is 0.161. The van der Waals surface area contributed by atoms with Gasteiger partial charge < -0.3 is 43.2 Å². The van der Waals surface area contributed by atoms with Crippen molar-refractivity contribution >= 4 is 39.3 Å². The summed E-state index contributed by atoms with van der Waals surface area (Å²) in [6.45, 7) is 11.9. The van der Waals surface area contributed by atoms with Crippen LogP contribution in [0, 0.1) is 20.8 Å². The minimum absolute atomic E-state index is 0.190. The molecule has 0 amide bonds. The van der Waals surface area contributed by atoms with Gasteiger partial charge in [-0.1, -0.05) is 36.4 Å². The third-order valence-electron chi connectivity index (χ3n) is 11.2. The van der Waals surface area contributed by atoms with E-state index in [9.17, 15) is 29.5 Å². The molecule has 0 spiro atoms. The number of rotatable bonds is 6. The first-order chi connectivity index (χ1) is 25.9. The van der Waals surface area contributed by atoms with Crippen molar-refractivity contribution < 1.29 is 57.6 Å². The van der Waals surface area contributed by atoms with Gasteiger partial charge in [0, 0.05) is 17.5 Å². The molecule has 2 unspecified atom stereocenters. The van der Waals surface area contributed by atoms with Crippen LogP contribution in [0.2, 0.25) is 17.5 Å². The van der Waals surface area contributed by atoms with Crippen molar-refractivity contribution in [3.8, 4) is 17.2 Å². The third kappa shape index (κ3) is 6.97. The number of hydrogen-bond acceptors (Lipinski definition) is 12. The molecule has 54 heavy (non-hydrogen) atoms. The lowest BCUT2D eigenvalue weighted by Crippen LogP contribution is -2.28. The van der Waals surface area contributed by atoms with Crippen molar-refractivity contribution in [2.45, 2.75) is 96.0 Å². The predicted molar refractivity (Wildman–Crippen MR) is 201 cm³/mol. The first kappa shape index (κ1) is 37.8. The van der Waals surface area contributed by atoms with E-state index < -0.39 is 21.4 Å². The Kier molecular flexibility index (Phi) is 10.5. The van der Waals surface area contributed by atoms with Crippen LogP contribution >= 0.6 is 0 Å². The van der Waals surface area contributed by atoms with Crippen molar-refractivity contribution in [2.24, 2.45) is 0 Å². The predicted octanol–water partition coefficient (Wildman–Crippen LogP) is 5.71. The highest BCUT2D eigenvalue weighted by Gasteiger charge is 2.56. The Labute approximate surface area is 315 Å². The summed E-state index contributed by atoms with van der Waals surface area (Å²) in [5.41, 5.74) is 6.91. The Morgan fingerprint density at radius 1 is 0.537 bits per heavy atom. The summed E-state index contributed by atoms with van der Waals surface area (Å²) in [4.78, 5) is 35.9. The van der Waals surface area contributed by atoms with Gasteiger partial charge in [-0.05, 0) is 112 Å². The van der Waals surface area contributed by atoms with Gasteiger partial charge >= 0.3 is 39.3 Å². The Balaban J connectivity index is 0.000000125. The minimum Gasteiger partial charge on any atom is -0.535 e. The molecule has 3 fully saturated rings. The molecule has 3 aromatic carbocycles. The molecule has 0 radical (unpaired) electrons. The van der Waals surface area contributed by atoms with E-state index in [0.29, 0.717) is 71.5 Å². The zero-order valence-corrected chi connectivity index (χ0v) is 31.4. The first-order valence-corrected chi connectivity index (χ1v) is 18.9. The Hall–Kier alpha value is -4.46. The van der Waals surface area contributed by atoms with E-state index in [1.54, 1.807) is 20.8 Å². The van der Waals surface area contributed by atoms with Crippen molar-refractivity contribution in [3.05, 3.63) is 86.5 Å². The molecule has 3 aliphatic heterocycles. The SMILES string of the molecule is CCOC(=O)c1c(C)ccc2c1OB(O)C1CC21.CCOC(=O)c1c(C)ccc2c1OB(O)[C@@H]1C[C@H]21.CCOC(=O)c1c(C)ccc2c1OB(O)[C@H]1C[C@@H]21. The number of ether oxygens (including phenoxy) is 3. The molecule has 3 heterocycles. The zero-order chi connectivity index (χ0) is 38.6. The van der Waals surface area contributed by atoms with Crippen LogP contribution in [-0.4, -0.2) is 74.2 Å². The third-order valence-corrected chi connectivity index (χ3v) is 11.2. The van der Waals surface area contributed by atoms with Crippen molar-refractivity contribution in [1.29, 1.82) is 0 Å². The highest BCUT2D eigenvalue weighted by molar-refractivity contribution is 6.49. The molecule has 6 atom stereocenters. The monoisotopic (exact) mass is 738 g/mol. The zero-order valence-electron chi connectivity index (χ0n) is 31.4. The molecule has 0 saturated heterocycles. The van der Waals surface area contributed by atoms with Crippen LogP contribution < -0.4 is 14.0 Å². The molecule has 3 N–H and O–H groups in total. The van der Waals surface area contributed by atoms with Crippen LogP contribution in [0.1, 0.15) is 122 Å². The molecule has 0 aromatic heterocycles. The number of esters is 3. The smallest absolute Gasteiger partial charge is 0.526 e. The van der Waals surface area contributed by atoms with Gasteiger partial charge in [0.2, 0.25) is 0 Å². The number of benzene rings is 3. The molecular formula is C39H45B3O12. The number of carbonyl (C=O) groups is 3. The molecule has 282 valence electrons. The van der Waals surface area contributed by atoms with Crippen molar-refractivity contribution in [1.82, 2.24) is 0 Å². The summed E-state index contributed by atoms with van der Waals surface area (Å²) in [6, 6.07) is 11.7. The van der Waals surface area contributed by atoms with E-state index in [-0.39, 0.29) is 35.4 Å². The summed E-state index contributed by atoms with van der Waals surface area (Å²) >= 11 is 0. The van der Waals surface area contributed by atoms with Crippen LogP contribution in [0.4, 0.5) is 0 Å². The Bertz CT molecular complexity index is 1760. The normalized spacial score (nSPS) is 23.8. The summed E-state index contributed by atoms with van der Waals surface area (Å²) in [7, 11) is -2.38. The molecule has 9 rings (SSSR count). The maximum absolute atomic E-state index is 12.0. The van der Waals surface area contributed by atoms with Gasteiger partial charge in [0.1, 0.15) is 33.9 Å². The van der Waals surface area contributed by atoms with Crippen molar-refractivity contribution in [2.75, 3.05) is 19.8 Å². The van der Waals surface area contributed by atoms with Crippen molar-refractivity contribution in [3.63, 3.8) is 0 Å². The van der Waals surface area contributed by atoms with Gasteiger partial charge in [-0.3, -0.25) is 0 Å². The van der Waals surface area contributed by atoms with E-state index in [1.165, 1.54) is 0 Å². The number of hydrogen-bond donors (Lipinski definition) is 3. The van der Waals surface area contributed by atoms with E-state index in [4.69, 9.17) is 28.2 Å². The Morgan fingerprint density at radius 2 is 0.796 bits per heavy atom. The lowest BCUT2D eigenvalue weighted by Gasteiger charge is -2.22. The Morgan fingerprint density at radius 3 is 1.04 bits per heavy atom. The van der Waals surface area contributed by atoms with Gasteiger partial charge in [-0.2, -0.15) is 0 Å². The minimum atomic E-state index is -0.794. The molecule has 3 saturated carbocycles. The van der Waals surface area contributed by atoms with E-state index in [1.807, 2.05) is 57.2 Å². The lowest BCUT2D eigenvalue weighted by molar-refractivity contribution is 0.0512. The molecule has 3 aliphatic carbocycles. The maximum atomic E-state index is 12.0. The lowest BCUT2D eigenvalue weighted by atomic mass is 9.77. The molecule has 12 nitrogen and oxygen atoms in total. The van der Waals surface area contributed by atoms with E-state index in [2.05, 4.69) is 0 Å². The second kappa shape index (κ2) is 15.0. The number of fused-ring (bicyclic) bond motifs is 9. The average molecular weight is 738 g/mol. The topological polar surface area (TPSA) is 167 Å². The second-order valence-electron chi connectivity index (χ2n) is 14.7. The molecule has 3 aromatic rings. The van der Waals surface area contributed by atoms with Gasteiger partial charge in [0.05, 0.1) is 19.8 Å². The summed E-state index contributed by atoms with van der Waals surface area (Å²) in [5.74, 6) is 1.97. The molecule has 0 bridgehead atoms. The van der Waals surface area contributed by atoms with Gasteiger partial charge in [0.25, 0.3) is 0 Å². The standard InChI is InChI=1S/3C13H15BO4/c3*1-3-17-13(15)11-7(2)4-5-8-9-6-10(9)14(16)18-12(8)11/h3*4-5,9-10,16H,3,6H2,1-2H3/t2*9-,10-;/m10./s1. The fraction of sp³-hybridized carbons (Fsp3) is 0.462. The highest BCUT2D eigenvalue weighted by atomic mass is 16.6. The average Bonchev–Trinajstić information content (AvgIpc) is 3.98. The van der Waals surface area contributed by atoms with Gasteiger partial charge in [-0.25, -0.2) is 14.4 Å². The summed E-state index contributed by atoms with van der Waals surface area (Å²) in [6.07, 6.45) is 2.79. The fourth-order valence-corrected chi connectivity index (χ4v) is 8.01. The number of carbonyl (C=O) groups excluding carboxylic acids is 3. The largest absolute Gasteiger partial charge is 0.535 e. The second-order valence-corrected chi connectivity index (χ2v) is 14.7. The van der Waals surface area contributed by atoms with Gasteiger partial charge in [-0.15, -0.1) is 0 Å². The molecule has 15 heteroatoms. The van der Waals surface area contributed by atoms with Crippen LogP contribution in [-0.2, 0) is 14.2 Å². The molecule has 6 aliphatic rings. The van der Waals surface area contributed by atoms with Crippen LogP contribution in [0.15, 0.2) is 36.4 Å². The first-order valence-electron chi connectivity index (χ1n) is 18.9. The summed E-state index contributed by atoms with van der Waals surface area (Å²) < 4.78 is 31.7. The number of aryl methyl sites for hydroxylation is 3. The summed E-state index contributed by atoms with van der Waals surface area (Å²) in [5, 5.41) is 29.5. The van der Waals surface area contributed by atoms with E-state index >= 15 is 0 Å². The van der Waals surface area contributed by atoms with Gasteiger partial charge in [0.15, 0.2) is 0 Å². The molecular weight excluding hydrogens is 693 g/mol. The maximum Gasteiger partial charge on any atom is 0.526 e. The highest BCUT2D eigenvalue weighted by Crippen LogP contribution is 2.62.